The van der Waals surface area contributed by atoms with Crippen molar-refractivity contribution >= 4 is 17.5 Å². The van der Waals surface area contributed by atoms with E-state index in [1.165, 1.54) is 24.8 Å². The van der Waals surface area contributed by atoms with Crippen molar-refractivity contribution in [3.63, 3.8) is 0 Å². The van der Waals surface area contributed by atoms with Crippen molar-refractivity contribution in [3.05, 3.63) is 60.4 Å². The van der Waals surface area contributed by atoms with Gasteiger partial charge in [0.05, 0.1) is 16.7 Å². The Morgan fingerprint density at radius 3 is 2.32 bits per heavy atom. The molecule has 5 rings (SSSR count). The third-order valence-corrected chi connectivity index (χ3v) is 5.55. The van der Waals surface area contributed by atoms with Crippen molar-refractivity contribution in [3.8, 4) is 28.5 Å². The zero-order chi connectivity index (χ0) is 24.3. The number of hydrogen-bond acceptors (Lipinski definition) is 5. The number of aromatic amines is 1. The fraction of sp³-hybridized carbons (Fsp3) is 0.333. The van der Waals surface area contributed by atoms with E-state index in [0.29, 0.717) is 12.0 Å². The molecule has 1 saturated carbocycles. The van der Waals surface area contributed by atoms with Crippen LogP contribution in [0, 0.1) is 6.92 Å². The number of imidazole rings is 1. The molecule has 3 aromatic heterocycles. The van der Waals surface area contributed by atoms with Gasteiger partial charge in [0.2, 0.25) is 5.88 Å². The lowest BCUT2D eigenvalue weighted by molar-refractivity contribution is -0.122. The Morgan fingerprint density at radius 2 is 1.68 bits per heavy atom. The molecular weight excluding hydrogens is 428 g/mol. The fourth-order valence-corrected chi connectivity index (χ4v) is 3.92. The van der Waals surface area contributed by atoms with Crippen LogP contribution in [-0.2, 0) is 4.79 Å². The van der Waals surface area contributed by atoms with Gasteiger partial charge in [-0.15, -0.1) is 0 Å². The summed E-state index contributed by atoms with van der Waals surface area (Å²) < 4.78 is 6.02. The second kappa shape index (κ2) is 12.5. The normalized spacial score (nSPS) is 13.3. The number of aromatic nitrogens is 4. The number of H-pyrrole nitrogens is 1. The predicted octanol–water partition coefficient (Wildman–Crippen LogP) is 6.43. The van der Waals surface area contributed by atoms with Crippen LogP contribution in [0.3, 0.4) is 0 Å². The van der Waals surface area contributed by atoms with E-state index in [4.69, 9.17) is 14.6 Å². The summed E-state index contributed by atoms with van der Waals surface area (Å²) >= 11 is 0. The molecule has 0 saturated heterocycles. The van der Waals surface area contributed by atoms with E-state index in [-0.39, 0.29) is 6.47 Å². The average molecular weight is 461 g/mol. The molecule has 1 fully saturated rings. The third kappa shape index (κ3) is 6.41. The van der Waals surface area contributed by atoms with Crippen molar-refractivity contribution in [1.29, 1.82) is 0 Å². The molecule has 3 heterocycles. The number of benzene rings is 1. The molecule has 7 nitrogen and oxygen atoms in total. The van der Waals surface area contributed by atoms with Crippen molar-refractivity contribution in [2.45, 2.75) is 59.0 Å². The summed E-state index contributed by atoms with van der Waals surface area (Å²) in [6, 6.07) is 14.2. The smallest absolute Gasteiger partial charge is 0.290 e. The number of pyridine rings is 2. The van der Waals surface area contributed by atoms with Gasteiger partial charge >= 0.3 is 0 Å². The highest BCUT2D eigenvalue weighted by Gasteiger charge is 2.15. The van der Waals surface area contributed by atoms with E-state index < -0.39 is 0 Å². The van der Waals surface area contributed by atoms with Gasteiger partial charge in [0.15, 0.2) is 0 Å². The van der Waals surface area contributed by atoms with Crippen LogP contribution >= 0.6 is 0 Å². The van der Waals surface area contributed by atoms with Crippen molar-refractivity contribution < 1.29 is 14.6 Å². The first-order chi connectivity index (χ1) is 16.7. The maximum Gasteiger partial charge on any atom is 0.290 e. The summed E-state index contributed by atoms with van der Waals surface area (Å²) in [6.45, 7) is 5.83. The molecule has 1 aliphatic carbocycles. The summed E-state index contributed by atoms with van der Waals surface area (Å²) in [4.78, 5) is 25.5. The van der Waals surface area contributed by atoms with Crippen molar-refractivity contribution in [1.82, 2.24) is 19.9 Å². The second-order valence-electron chi connectivity index (χ2n) is 7.91. The SMILES string of the molecule is CC.Cc1ccc2nc(-c3ccc(-c4ccc(OC5CCCCC5)nc4)nc3)[nH]c2c1.O=CO. The van der Waals surface area contributed by atoms with Crippen LogP contribution in [0.25, 0.3) is 33.7 Å². The van der Waals surface area contributed by atoms with Crippen molar-refractivity contribution in [2.24, 2.45) is 0 Å². The first-order valence-electron chi connectivity index (χ1n) is 11.8. The molecule has 2 N–H and O–H groups in total. The number of nitrogens with zero attached hydrogens (tertiary/aromatic N) is 3. The van der Waals surface area contributed by atoms with Gasteiger partial charge in [-0.3, -0.25) is 9.78 Å². The molecule has 0 unspecified atom stereocenters. The Hall–Kier alpha value is -3.74. The highest BCUT2D eigenvalue weighted by molar-refractivity contribution is 5.80. The maximum atomic E-state index is 8.36. The lowest BCUT2D eigenvalue weighted by Crippen LogP contribution is -2.20. The van der Waals surface area contributed by atoms with Gasteiger partial charge in [-0.05, 0) is 68.5 Å². The number of ether oxygens (including phenoxy) is 1. The quantitative estimate of drug-likeness (QED) is 0.340. The van der Waals surface area contributed by atoms with Gasteiger partial charge in [-0.25, -0.2) is 9.97 Å². The van der Waals surface area contributed by atoms with Gasteiger partial charge in [-0.1, -0.05) is 26.3 Å². The average Bonchev–Trinajstić information content (AvgIpc) is 3.30. The summed E-state index contributed by atoms with van der Waals surface area (Å²) in [5.74, 6) is 1.54. The Morgan fingerprint density at radius 1 is 0.971 bits per heavy atom. The molecule has 0 radical (unpaired) electrons. The van der Waals surface area contributed by atoms with Crippen LogP contribution < -0.4 is 4.74 Å². The Bertz CT molecular complexity index is 1160. The van der Waals surface area contributed by atoms with Crippen LogP contribution in [0.5, 0.6) is 5.88 Å². The number of fused-ring (bicyclic) bond motifs is 1. The molecule has 1 aliphatic rings. The largest absolute Gasteiger partial charge is 0.483 e. The standard InChI is InChI=1S/C24H24N4O.C2H6.CH2O2/c1-16-7-10-21-22(13-16)28-24(27-21)18-8-11-20(25-15-18)17-9-12-23(26-14-17)29-19-5-3-2-4-6-19;1-2;2-1-3/h7-15,19H,2-6H2,1H3,(H,27,28);1-2H3;1H,(H,2,3). The zero-order valence-electron chi connectivity index (χ0n) is 20.0. The predicted molar refractivity (Wildman–Crippen MR) is 135 cm³/mol. The zero-order valence-corrected chi connectivity index (χ0v) is 20.0. The lowest BCUT2D eigenvalue weighted by Gasteiger charge is -2.22. The van der Waals surface area contributed by atoms with Gasteiger partial charge < -0.3 is 14.8 Å². The van der Waals surface area contributed by atoms with Gasteiger partial charge in [-0.2, -0.15) is 0 Å². The van der Waals surface area contributed by atoms with Gasteiger partial charge in [0.25, 0.3) is 6.47 Å². The van der Waals surface area contributed by atoms with E-state index in [2.05, 4.69) is 39.0 Å². The minimum atomic E-state index is -0.250. The fourth-order valence-electron chi connectivity index (χ4n) is 3.92. The molecule has 0 spiro atoms. The van der Waals surface area contributed by atoms with E-state index in [9.17, 15) is 0 Å². The molecule has 0 aliphatic heterocycles. The van der Waals surface area contributed by atoms with E-state index in [0.717, 1.165) is 46.5 Å². The minimum Gasteiger partial charge on any atom is -0.483 e. The number of carbonyl (C=O) groups is 1. The number of rotatable bonds is 4. The van der Waals surface area contributed by atoms with Crippen LogP contribution in [0.2, 0.25) is 0 Å². The summed E-state index contributed by atoms with van der Waals surface area (Å²) in [5.41, 5.74) is 6.05. The molecule has 0 atom stereocenters. The molecule has 1 aromatic carbocycles. The molecule has 0 bridgehead atoms. The Kier molecular flexibility index (Phi) is 9.14. The summed E-state index contributed by atoms with van der Waals surface area (Å²) in [6.07, 6.45) is 10.1. The monoisotopic (exact) mass is 460 g/mol. The van der Waals surface area contributed by atoms with E-state index in [1.54, 1.807) is 0 Å². The highest BCUT2D eigenvalue weighted by atomic mass is 16.5. The van der Waals surface area contributed by atoms with Crippen LogP contribution in [0.15, 0.2) is 54.9 Å². The molecule has 4 aromatic rings. The Labute approximate surface area is 200 Å². The van der Waals surface area contributed by atoms with Gasteiger partial charge in [0, 0.05) is 29.6 Å². The van der Waals surface area contributed by atoms with Crippen molar-refractivity contribution in [2.75, 3.05) is 0 Å². The maximum absolute atomic E-state index is 8.36. The Balaban J connectivity index is 0.000000603. The number of carboxylic acid groups (broad SMARTS) is 1. The second-order valence-corrected chi connectivity index (χ2v) is 7.91. The van der Waals surface area contributed by atoms with Gasteiger partial charge in [0.1, 0.15) is 11.9 Å². The summed E-state index contributed by atoms with van der Waals surface area (Å²) in [7, 11) is 0. The lowest BCUT2D eigenvalue weighted by atomic mass is 9.98. The third-order valence-electron chi connectivity index (χ3n) is 5.55. The van der Waals surface area contributed by atoms with E-state index >= 15 is 0 Å². The number of nitrogens with one attached hydrogen (secondary N) is 1. The molecule has 34 heavy (non-hydrogen) atoms. The first-order valence-corrected chi connectivity index (χ1v) is 11.8. The van der Waals surface area contributed by atoms with Crippen LogP contribution in [-0.4, -0.2) is 37.6 Å². The topological polar surface area (TPSA) is 101 Å². The van der Waals surface area contributed by atoms with Crippen LogP contribution in [0.4, 0.5) is 0 Å². The van der Waals surface area contributed by atoms with E-state index in [1.807, 2.05) is 56.6 Å². The first kappa shape index (κ1) is 24.9. The molecule has 178 valence electrons. The van der Waals surface area contributed by atoms with Crippen LogP contribution in [0.1, 0.15) is 51.5 Å². The number of hydrogen-bond donors (Lipinski definition) is 2. The molecule has 0 amide bonds. The molecule has 7 heteroatoms. The number of aryl methyl sites for hydroxylation is 1. The highest BCUT2D eigenvalue weighted by Crippen LogP contribution is 2.26. The minimum absolute atomic E-state index is 0.250. The molecular formula is C27H32N4O3. The summed E-state index contributed by atoms with van der Waals surface area (Å²) in [5, 5.41) is 6.89.